The SMILES string of the molecule is Cc1ccc(C(C)C)c(OCCOC2OCCOC2OCCOc2cc(C(C)C)ccc2C)c1. The van der Waals surface area contributed by atoms with Gasteiger partial charge in [0.15, 0.2) is 0 Å². The molecule has 188 valence electrons. The lowest BCUT2D eigenvalue weighted by atomic mass is 10.0. The van der Waals surface area contributed by atoms with Crippen LogP contribution < -0.4 is 9.47 Å². The maximum Gasteiger partial charge on any atom is 0.209 e. The van der Waals surface area contributed by atoms with Gasteiger partial charge in [-0.05, 0) is 60.1 Å². The second kappa shape index (κ2) is 13.1. The molecule has 1 heterocycles. The maximum absolute atomic E-state index is 6.01. The average molecular weight is 473 g/mol. The summed E-state index contributed by atoms with van der Waals surface area (Å²) in [5, 5.41) is 0. The Morgan fingerprint density at radius 3 is 1.94 bits per heavy atom. The molecule has 34 heavy (non-hydrogen) atoms. The summed E-state index contributed by atoms with van der Waals surface area (Å²) in [4.78, 5) is 0. The quantitative estimate of drug-likeness (QED) is 0.367. The third-order valence-corrected chi connectivity index (χ3v) is 5.79. The lowest BCUT2D eigenvalue weighted by molar-refractivity contribution is -0.321. The Balaban J connectivity index is 1.43. The first kappa shape index (κ1) is 26.5. The van der Waals surface area contributed by atoms with Crippen molar-refractivity contribution in [3.8, 4) is 11.5 Å². The number of rotatable bonds is 12. The maximum atomic E-state index is 6.01. The molecule has 1 aliphatic rings. The minimum Gasteiger partial charge on any atom is -0.491 e. The van der Waals surface area contributed by atoms with E-state index in [2.05, 4.69) is 71.0 Å². The molecule has 1 saturated heterocycles. The molecular weight excluding hydrogens is 432 g/mol. The van der Waals surface area contributed by atoms with Crippen LogP contribution in [0.1, 0.15) is 61.8 Å². The summed E-state index contributed by atoms with van der Waals surface area (Å²) in [6, 6.07) is 12.6. The first-order valence-corrected chi connectivity index (χ1v) is 12.3. The molecule has 0 aromatic heterocycles. The standard InChI is InChI=1S/C28H40O6/c1-19(2)23-9-8-22(6)25(18-23)29-11-13-31-27-28(34-16-15-33-27)32-14-12-30-26-17-21(5)7-10-24(26)20(3)4/h7-10,17-20,27-28H,11-16H2,1-6H3. The van der Waals surface area contributed by atoms with Gasteiger partial charge in [-0.15, -0.1) is 0 Å². The average Bonchev–Trinajstić information content (AvgIpc) is 2.81. The van der Waals surface area contributed by atoms with Crippen molar-refractivity contribution in [2.45, 2.75) is 66.0 Å². The van der Waals surface area contributed by atoms with E-state index in [0.29, 0.717) is 51.5 Å². The number of ether oxygens (including phenoxy) is 6. The molecule has 0 radical (unpaired) electrons. The van der Waals surface area contributed by atoms with Crippen LogP contribution >= 0.6 is 0 Å². The van der Waals surface area contributed by atoms with Crippen molar-refractivity contribution >= 4 is 0 Å². The zero-order valence-corrected chi connectivity index (χ0v) is 21.5. The first-order chi connectivity index (χ1) is 16.3. The third kappa shape index (κ3) is 7.70. The monoisotopic (exact) mass is 472 g/mol. The van der Waals surface area contributed by atoms with Gasteiger partial charge in [0.2, 0.25) is 12.6 Å². The predicted octanol–water partition coefficient (Wildman–Crippen LogP) is 5.74. The van der Waals surface area contributed by atoms with E-state index in [1.807, 2.05) is 6.92 Å². The molecular formula is C28H40O6. The van der Waals surface area contributed by atoms with Gasteiger partial charge >= 0.3 is 0 Å². The fourth-order valence-corrected chi connectivity index (χ4v) is 3.75. The van der Waals surface area contributed by atoms with Crippen LogP contribution in [-0.4, -0.2) is 52.2 Å². The number of aryl methyl sites for hydroxylation is 2. The molecule has 2 atom stereocenters. The Bertz CT molecular complexity index is 894. The van der Waals surface area contributed by atoms with Gasteiger partial charge in [-0.3, -0.25) is 0 Å². The minimum absolute atomic E-state index is 0.372. The Labute approximate surface area is 204 Å². The number of hydrogen-bond donors (Lipinski definition) is 0. The van der Waals surface area contributed by atoms with Crippen LogP contribution in [-0.2, 0) is 18.9 Å². The van der Waals surface area contributed by atoms with Crippen LogP contribution in [0.4, 0.5) is 0 Å². The molecule has 0 spiro atoms. The molecule has 0 aliphatic carbocycles. The highest BCUT2D eigenvalue weighted by Gasteiger charge is 2.28. The van der Waals surface area contributed by atoms with Gasteiger partial charge in [0.1, 0.15) is 24.7 Å². The zero-order chi connectivity index (χ0) is 24.5. The van der Waals surface area contributed by atoms with Crippen molar-refractivity contribution in [3.63, 3.8) is 0 Å². The van der Waals surface area contributed by atoms with Gasteiger partial charge in [0, 0.05) is 0 Å². The number of benzene rings is 2. The molecule has 0 amide bonds. The van der Waals surface area contributed by atoms with Crippen molar-refractivity contribution in [1.29, 1.82) is 0 Å². The predicted molar refractivity (Wildman–Crippen MR) is 133 cm³/mol. The summed E-state index contributed by atoms with van der Waals surface area (Å²) >= 11 is 0. The molecule has 0 N–H and O–H groups in total. The van der Waals surface area contributed by atoms with Crippen molar-refractivity contribution in [2.75, 3.05) is 39.6 Å². The summed E-state index contributed by atoms with van der Waals surface area (Å²) in [6.07, 6.45) is -1.18. The Hall–Kier alpha value is -2.12. The van der Waals surface area contributed by atoms with Crippen LogP contribution in [0.3, 0.4) is 0 Å². The fraction of sp³-hybridized carbons (Fsp3) is 0.571. The lowest BCUT2D eigenvalue weighted by Crippen LogP contribution is -2.43. The fourth-order valence-electron chi connectivity index (χ4n) is 3.75. The Kier molecular flexibility index (Phi) is 10.2. The van der Waals surface area contributed by atoms with E-state index in [1.54, 1.807) is 0 Å². The Morgan fingerprint density at radius 1 is 0.735 bits per heavy atom. The second-order valence-electron chi connectivity index (χ2n) is 9.29. The van der Waals surface area contributed by atoms with Crippen LogP contribution in [0.2, 0.25) is 0 Å². The van der Waals surface area contributed by atoms with E-state index in [1.165, 1.54) is 16.7 Å². The Morgan fingerprint density at radius 2 is 1.35 bits per heavy atom. The van der Waals surface area contributed by atoms with Crippen LogP contribution in [0.5, 0.6) is 11.5 Å². The minimum atomic E-state index is -0.592. The smallest absolute Gasteiger partial charge is 0.209 e. The summed E-state index contributed by atoms with van der Waals surface area (Å²) in [6.45, 7) is 15.3. The van der Waals surface area contributed by atoms with Crippen LogP contribution in [0, 0.1) is 13.8 Å². The van der Waals surface area contributed by atoms with Crippen molar-refractivity contribution in [3.05, 3.63) is 58.7 Å². The van der Waals surface area contributed by atoms with E-state index in [-0.39, 0.29) is 0 Å². The van der Waals surface area contributed by atoms with Gasteiger partial charge in [0.05, 0.1) is 26.4 Å². The second-order valence-corrected chi connectivity index (χ2v) is 9.29. The molecule has 2 aromatic rings. The third-order valence-electron chi connectivity index (χ3n) is 5.79. The number of hydrogen-bond acceptors (Lipinski definition) is 6. The summed E-state index contributed by atoms with van der Waals surface area (Å²) in [5.74, 6) is 2.64. The molecule has 0 bridgehead atoms. The van der Waals surface area contributed by atoms with Gasteiger partial charge in [-0.25, -0.2) is 0 Å². The van der Waals surface area contributed by atoms with Gasteiger partial charge in [-0.1, -0.05) is 52.0 Å². The van der Waals surface area contributed by atoms with E-state index < -0.39 is 12.6 Å². The molecule has 2 aromatic carbocycles. The molecule has 1 fully saturated rings. The molecule has 0 saturated carbocycles. The van der Waals surface area contributed by atoms with Gasteiger partial charge in [-0.2, -0.15) is 0 Å². The van der Waals surface area contributed by atoms with Crippen molar-refractivity contribution in [1.82, 2.24) is 0 Å². The van der Waals surface area contributed by atoms with Gasteiger partial charge in [0.25, 0.3) is 0 Å². The lowest BCUT2D eigenvalue weighted by Gasteiger charge is -2.31. The zero-order valence-electron chi connectivity index (χ0n) is 21.5. The molecule has 6 nitrogen and oxygen atoms in total. The largest absolute Gasteiger partial charge is 0.491 e. The van der Waals surface area contributed by atoms with Crippen LogP contribution in [0.25, 0.3) is 0 Å². The van der Waals surface area contributed by atoms with E-state index in [9.17, 15) is 0 Å². The summed E-state index contributed by atoms with van der Waals surface area (Å²) in [7, 11) is 0. The van der Waals surface area contributed by atoms with Crippen molar-refractivity contribution in [2.24, 2.45) is 0 Å². The van der Waals surface area contributed by atoms with Gasteiger partial charge < -0.3 is 28.4 Å². The highest BCUT2D eigenvalue weighted by Crippen LogP contribution is 2.27. The summed E-state index contributed by atoms with van der Waals surface area (Å²) in [5.41, 5.74) is 4.73. The topological polar surface area (TPSA) is 55.4 Å². The van der Waals surface area contributed by atoms with E-state index in [0.717, 1.165) is 17.1 Å². The van der Waals surface area contributed by atoms with Crippen LogP contribution in [0.15, 0.2) is 36.4 Å². The highest BCUT2D eigenvalue weighted by molar-refractivity contribution is 5.39. The first-order valence-electron chi connectivity index (χ1n) is 12.3. The molecule has 1 aliphatic heterocycles. The van der Waals surface area contributed by atoms with Crippen molar-refractivity contribution < 1.29 is 28.4 Å². The normalized spacial score (nSPS) is 18.5. The molecule has 3 rings (SSSR count). The summed E-state index contributed by atoms with van der Waals surface area (Å²) < 4.78 is 35.2. The molecule has 6 heteroatoms. The molecule has 2 unspecified atom stereocenters. The van der Waals surface area contributed by atoms with E-state index >= 15 is 0 Å². The highest BCUT2D eigenvalue weighted by atomic mass is 16.8. The van der Waals surface area contributed by atoms with E-state index in [4.69, 9.17) is 28.4 Å².